The van der Waals surface area contributed by atoms with E-state index in [2.05, 4.69) is 17.4 Å². The molecule has 3 nitrogen and oxygen atoms in total. The molecule has 104 valence electrons. The van der Waals surface area contributed by atoms with E-state index in [9.17, 15) is 4.79 Å². The van der Waals surface area contributed by atoms with E-state index in [1.54, 1.807) is 0 Å². The predicted octanol–water partition coefficient (Wildman–Crippen LogP) is 3.02. The molecule has 0 aromatic heterocycles. The number of hydrogen-bond acceptors (Lipinski definition) is 4. The summed E-state index contributed by atoms with van der Waals surface area (Å²) in [7, 11) is 0. The molecule has 1 saturated carbocycles. The molecule has 0 unspecified atom stereocenters. The van der Waals surface area contributed by atoms with Crippen molar-refractivity contribution in [2.24, 2.45) is 5.73 Å². The molecule has 19 heavy (non-hydrogen) atoms. The minimum absolute atomic E-state index is 0. The van der Waals surface area contributed by atoms with Gasteiger partial charge in [0.2, 0.25) is 5.91 Å². The van der Waals surface area contributed by atoms with Crippen LogP contribution in [0.25, 0.3) is 0 Å². The lowest BCUT2D eigenvalue weighted by Crippen LogP contribution is -2.37. The Morgan fingerprint density at radius 3 is 2.63 bits per heavy atom. The van der Waals surface area contributed by atoms with E-state index in [0.29, 0.717) is 4.58 Å². The molecule has 0 radical (unpaired) electrons. The zero-order chi connectivity index (χ0) is 12.6. The van der Waals surface area contributed by atoms with Gasteiger partial charge in [0, 0.05) is 17.2 Å². The largest absolute Gasteiger partial charge is 0.324 e. The Kier molecular flexibility index (Phi) is 4.71. The number of hydrogen-bond donors (Lipinski definition) is 2. The van der Waals surface area contributed by atoms with Crippen LogP contribution in [0, 0.1) is 0 Å². The van der Waals surface area contributed by atoms with E-state index in [-0.39, 0.29) is 18.3 Å². The van der Waals surface area contributed by atoms with Gasteiger partial charge in [-0.3, -0.25) is 4.79 Å². The highest BCUT2D eigenvalue weighted by Crippen LogP contribution is 2.45. The second kappa shape index (κ2) is 5.95. The van der Waals surface area contributed by atoms with Gasteiger partial charge in [-0.05, 0) is 30.5 Å². The third-order valence-corrected chi connectivity index (χ3v) is 6.38. The third-order valence-electron chi connectivity index (χ3n) is 3.28. The minimum atomic E-state index is -0.604. The van der Waals surface area contributed by atoms with Crippen LogP contribution >= 0.6 is 35.9 Å². The van der Waals surface area contributed by atoms with Gasteiger partial charge in [0.05, 0.1) is 10.1 Å². The molecule has 0 atom stereocenters. The Labute approximate surface area is 127 Å². The summed E-state index contributed by atoms with van der Waals surface area (Å²) in [6.45, 7) is 0. The van der Waals surface area contributed by atoms with Crippen molar-refractivity contribution >= 4 is 47.5 Å². The molecule has 0 spiro atoms. The average molecular weight is 317 g/mol. The molecule has 1 aromatic rings. The van der Waals surface area contributed by atoms with Gasteiger partial charge in [-0.15, -0.1) is 35.9 Å². The lowest BCUT2D eigenvalue weighted by molar-refractivity contribution is -0.118. The summed E-state index contributed by atoms with van der Waals surface area (Å²) in [5, 5.41) is 2.93. The molecule has 0 bridgehead atoms. The minimum Gasteiger partial charge on any atom is -0.324 e. The number of benzene rings is 1. The Hall–Kier alpha value is -0.360. The summed E-state index contributed by atoms with van der Waals surface area (Å²) >= 11 is 3.93. The Balaban J connectivity index is 0.00000133. The summed E-state index contributed by atoms with van der Waals surface area (Å²) in [4.78, 5) is 11.9. The number of halogens is 1. The number of nitrogens with one attached hydrogen (secondary N) is 1. The van der Waals surface area contributed by atoms with Crippen molar-refractivity contribution in [3.63, 3.8) is 0 Å². The number of carbonyl (C=O) groups is 1. The maximum Gasteiger partial charge on any atom is 0.244 e. The van der Waals surface area contributed by atoms with Gasteiger partial charge in [0.1, 0.15) is 0 Å². The van der Waals surface area contributed by atoms with E-state index in [0.717, 1.165) is 18.5 Å². The number of thioether (sulfide) groups is 2. The van der Waals surface area contributed by atoms with Crippen molar-refractivity contribution < 1.29 is 4.79 Å². The highest BCUT2D eigenvalue weighted by molar-refractivity contribution is 8.19. The van der Waals surface area contributed by atoms with Crippen molar-refractivity contribution in [2.45, 2.75) is 23.0 Å². The molecule has 2 aliphatic rings. The smallest absolute Gasteiger partial charge is 0.244 e. The third kappa shape index (κ3) is 3.40. The first-order valence-corrected chi connectivity index (χ1v) is 8.21. The highest BCUT2D eigenvalue weighted by atomic mass is 35.5. The van der Waals surface area contributed by atoms with Crippen molar-refractivity contribution in [3.05, 3.63) is 29.8 Å². The maximum absolute atomic E-state index is 11.9. The van der Waals surface area contributed by atoms with Crippen LogP contribution in [-0.2, 0) is 4.79 Å². The molecule has 3 N–H and O–H groups in total. The zero-order valence-electron chi connectivity index (χ0n) is 10.4. The molecule has 1 aromatic carbocycles. The summed E-state index contributed by atoms with van der Waals surface area (Å²) in [6.07, 6.45) is 1.60. The van der Waals surface area contributed by atoms with Crippen LogP contribution in [0.2, 0.25) is 0 Å². The number of amides is 1. The van der Waals surface area contributed by atoms with E-state index in [1.165, 1.54) is 17.1 Å². The lowest BCUT2D eigenvalue weighted by atomic mass is 10.2. The Bertz CT molecular complexity index is 473. The molecule has 1 aliphatic heterocycles. The predicted molar refractivity (Wildman–Crippen MR) is 86.1 cm³/mol. The SMILES string of the molecule is Cl.NC1(C(=O)Nc2cccc(C3SCCS3)c2)CC1. The molecule has 2 fully saturated rings. The normalized spacial score (nSPS) is 20.7. The molecule has 6 heteroatoms. The monoisotopic (exact) mass is 316 g/mol. The number of anilines is 1. The van der Waals surface area contributed by atoms with E-state index < -0.39 is 5.54 Å². The molecular weight excluding hydrogens is 300 g/mol. The fourth-order valence-electron chi connectivity index (χ4n) is 1.93. The Morgan fingerprint density at radius 2 is 2.00 bits per heavy atom. The summed E-state index contributed by atoms with van der Waals surface area (Å²) in [6, 6.07) is 8.12. The second-order valence-electron chi connectivity index (χ2n) is 4.81. The standard InChI is InChI=1S/C13H16N2OS2.ClH/c14-13(4-5-13)12(16)15-10-3-1-2-9(8-10)11-17-6-7-18-11;/h1-3,8,11H,4-7,14H2,(H,15,16);1H. The van der Waals surface area contributed by atoms with E-state index >= 15 is 0 Å². The summed E-state index contributed by atoms with van der Waals surface area (Å²) in [5.41, 5.74) is 7.42. The number of rotatable bonds is 3. The molecule has 3 rings (SSSR count). The maximum atomic E-state index is 11.9. The van der Waals surface area contributed by atoms with Gasteiger partial charge in [-0.25, -0.2) is 0 Å². The Morgan fingerprint density at radius 1 is 1.32 bits per heavy atom. The number of nitrogens with two attached hydrogens (primary N) is 1. The van der Waals surface area contributed by atoms with E-state index in [1.807, 2.05) is 35.7 Å². The first-order valence-electron chi connectivity index (χ1n) is 6.11. The summed E-state index contributed by atoms with van der Waals surface area (Å²) in [5.74, 6) is 2.36. The average Bonchev–Trinajstić information content (AvgIpc) is 2.93. The van der Waals surface area contributed by atoms with Crippen LogP contribution in [0.5, 0.6) is 0 Å². The van der Waals surface area contributed by atoms with Crippen LogP contribution in [0.3, 0.4) is 0 Å². The van der Waals surface area contributed by atoms with Crippen molar-refractivity contribution in [1.29, 1.82) is 0 Å². The molecule has 1 amide bonds. The number of carbonyl (C=O) groups excluding carboxylic acids is 1. The zero-order valence-corrected chi connectivity index (χ0v) is 12.9. The highest BCUT2D eigenvalue weighted by Gasteiger charge is 2.45. The molecule has 1 saturated heterocycles. The summed E-state index contributed by atoms with van der Waals surface area (Å²) < 4.78 is 0.509. The quantitative estimate of drug-likeness (QED) is 0.900. The fourth-order valence-corrected chi connectivity index (χ4v) is 4.77. The lowest BCUT2D eigenvalue weighted by Gasteiger charge is -2.13. The fraction of sp³-hybridized carbons (Fsp3) is 0.462. The van der Waals surface area contributed by atoms with Crippen LogP contribution in [0.15, 0.2) is 24.3 Å². The van der Waals surface area contributed by atoms with Crippen LogP contribution in [0.4, 0.5) is 5.69 Å². The van der Waals surface area contributed by atoms with Gasteiger partial charge in [0.15, 0.2) is 0 Å². The van der Waals surface area contributed by atoms with E-state index in [4.69, 9.17) is 5.73 Å². The topological polar surface area (TPSA) is 55.1 Å². The van der Waals surface area contributed by atoms with Gasteiger partial charge >= 0.3 is 0 Å². The van der Waals surface area contributed by atoms with Crippen molar-refractivity contribution in [1.82, 2.24) is 0 Å². The van der Waals surface area contributed by atoms with Gasteiger partial charge < -0.3 is 11.1 Å². The van der Waals surface area contributed by atoms with Gasteiger partial charge in [-0.2, -0.15) is 0 Å². The first-order chi connectivity index (χ1) is 8.67. The van der Waals surface area contributed by atoms with Gasteiger partial charge in [-0.1, -0.05) is 12.1 Å². The molecule has 1 heterocycles. The first kappa shape index (κ1) is 15.0. The second-order valence-corrected chi connectivity index (χ2v) is 7.53. The molecule has 1 aliphatic carbocycles. The van der Waals surface area contributed by atoms with Crippen molar-refractivity contribution in [2.75, 3.05) is 16.8 Å². The molecular formula is C13H17ClN2OS2. The van der Waals surface area contributed by atoms with Gasteiger partial charge in [0.25, 0.3) is 0 Å². The van der Waals surface area contributed by atoms with Crippen LogP contribution < -0.4 is 11.1 Å². The van der Waals surface area contributed by atoms with Crippen LogP contribution in [0.1, 0.15) is 23.0 Å². The van der Waals surface area contributed by atoms with Crippen molar-refractivity contribution in [3.8, 4) is 0 Å². The van der Waals surface area contributed by atoms with Crippen LogP contribution in [-0.4, -0.2) is 23.0 Å².